The average molecular weight is 295 g/mol. The first kappa shape index (κ1) is 16.8. The molecule has 0 aromatic carbocycles. The molecular weight excluding hydrogens is 275 g/mol. The van der Waals surface area contributed by atoms with E-state index in [2.05, 4.69) is 0 Å². The van der Waals surface area contributed by atoms with Gasteiger partial charge in [-0.25, -0.2) is 4.79 Å². The smallest absolute Gasteiger partial charge is 0.444 e. The summed E-state index contributed by atoms with van der Waals surface area (Å²) in [6.07, 6.45) is -4.81. The third-order valence-corrected chi connectivity index (χ3v) is 2.96. The minimum atomic E-state index is -4.80. The molecule has 1 fully saturated rings. The van der Waals surface area contributed by atoms with E-state index in [1.54, 1.807) is 20.8 Å². The van der Waals surface area contributed by atoms with Crippen LogP contribution in [0.1, 0.15) is 40.0 Å². The Balaban J connectivity index is 2.55. The Labute approximate surface area is 116 Å². The standard InChI is InChI=1S/C13H20F3NO3/c1-12(2,3)20-11(19)17-6-4-5-9(8-17)7-10(18)13(14,15)16/h9H,4-8H2,1-3H3. The number of ether oxygens (including phenoxy) is 1. The normalized spacial score (nSPS) is 20.7. The summed E-state index contributed by atoms with van der Waals surface area (Å²) in [6.45, 7) is 5.75. The number of piperidine rings is 1. The zero-order valence-electron chi connectivity index (χ0n) is 11.9. The number of carbonyl (C=O) groups excluding carboxylic acids is 2. The number of Topliss-reactive ketones (excluding diaryl/α,β-unsaturated/α-hetero) is 1. The molecule has 7 heteroatoms. The second kappa shape index (κ2) is 6.01. The largest absolute Gasteiger partial charge is 0.449 e. The number of amides is 1. The minimum Gasteiger partial charge on any atom is -0.444 e. The second-order valence-corrected chi connectivity index (χ2v) is 6.06. The highest BCUT2D eigenvalue weighted by atomic mass is 19.4. The van der Waals surface area contributed by atoms with Crippen LogP contribution >= 0.6 is 0 Å². The van der Waals surface area contributed by atoms with Gasteiger partial charge in [0.1, 0.15) is 5.60 Å². The molecule has 1 unspecified atom stereocenters. The van der Waals surface area contributed by atoms with Gasteiger partial charge in [-0.15, -0.1) is 0 Å². The predicted octanol–water partition coefficient (Wildman–Crippen LogP) is 3.16. The van der Waals surface area contributed by atoms with Gasteiger partial charge < -0.3 is 9.64 Å². The zero-order valence-corrected chi connectivity index (χ0v) is 11.9. The van der Waals surface area contributed by atoms with Crippen LogP contribution in [0.4, 0.5) is 18.0 Å². The van der Waals surface area contributed by atoms with Gasteiger partial charge in [0.2, 0.25) is 5.78 Å². The van der Waals surface area contributed by atoms with Crippen LogP contribution in [0.2, 0.25) is 0 Å². The summed E-state index contributed by atoms with van der Waals surface area (Å²) in [5, 5.41) is 0. The van der Waals surface area contributed by atoms with Crippen LogP contribution in [-0.4, -0.2) is 41.6 Å². The number of ketones is 1. The van der Waals surface area contributed by atoms with Crippen LogP contribution in [-0.2, 0) is 9.53 Å². The van der Waals surface area contributed by atoms with Crippen molar-refractivity contribution in [3.63, 3.8) is 0 Å². The molecule has 0 aromatic rings. The van der Waals surface area contributed by atoms with Crippen molar-refractivity contribution in [1.82, 2.24) is 4.90 Å². The number of alkyl halides is 3. The Hall–Kier alpha value is -1.27. The van der Waals surface area contributed by atoms with Gasteiger partial charge in [0.05, 0.1) is 0 Å². The Kier molecular flexibility index (Phi) is 5.05. The van der Waals surface area contributed by atoms with Crippen LogP contribution in [0.25, 0.3) is 0 Å². The summed E-state index contributed by atoms with van der Waals surface area (Å²) >= 11 is 0. The highest BCUT2D eigenvalue weighted by molar-refractivity contribution is 5.84. The summed E-state index contributed by atoms with van der Waals surface area (Å²) in [6, 6.07) is 0. The van der Waals surface area contributed by atoms with Crippen LogP contribution in [0.15, 0.2) is 0 Å². The third-order valence-electron chi connectivity index (χ3n) is 2.96. The topological polar surface area (TPSA) is 46.6 Å². The SMILES string of the molecule is CC(C)(C)OC(=O)N1CCCC(CC(=O)C(F)(F)F)C1. The first-order valence-electron chi connectivity index (χ1n) is 6.57. The molecule has 1 saturated heterocycles. The van der Waals surface area contributed by atoms with Crippen molar-refractivity contribution in [1.29, 1.82) is 0 Å². The molecule has 1 rings (SSSR count). The molecule has 0 aromatic heterocycles. The minimum absolute atomic E-state index is 0.136. The van der Waals surface area contributed by atoms with E-state index in [1.807, 2.05) is 0 Å². The van der Waals surface area contributed by atoms with E-state index in [0.717, 1.165) is 0 Å². The van der Waals surface area contributed by atoms with Crippen molar-refractivity contribution in [2.24, 2.45) is 5.92 Å². The molecule has 0 aliphatic carbocycles. The number of hydrogen-bond acceptors (Lipinski definition) is 3. The lowest BCUT2D eigenvalue weighted by molar-refractivity contribution is -0.172. The van der Waals surface area contributed by atoms with Gasteiger partial charge in [0.25, 0.3) is 0 Å². The van der Waals surface area contributed by atoms with E-state index < -0.39 is 36.0 Å². The van der Waals surface area contributed by atoms with E-state index in [1.165, 1.54) is 4.90 Å². The lowest BCUT2D eigenvalue weighted by atomic mass is 9.93. The highest BCUT2D eigenvalue weighted by Gasteiger charge is 2.40. The van der Waals surface area contributed by atoms with Crippen molar-refractivity contribution >= 4 is 11.9 Å². The summed E-state index contributed by atoms with van der Waals surface area (Å²) in [5.74, 6) is -2.18. The van der Waals surface area contributed by atoms with Gasteiger partial charge in [-0.2, -0.15) is 13.2 Å². The monoisotopic (exact) mass is 295 g/mol. The molecule has 20 heavy (non-hydrogen) atoms. The van der Waals surface area contributed by atoms with E-state index >= 15 is 0 Å². The Morgan fingerprint density at radius 2 is 1.85 bits per heavy atom. The maximum Gasteiger partial charge on any atom is 0.449 e. The highest BCUT2D eigenvalue weighted by Crippen LogP contribution is 2.26. The number of halogens is 3. The van der Waals surface area contributed by atoms with Gasteiger partial charge in [-0.1, -0.05) is 0 Å². The number of nitrogens with zero attached hydrogens (tertiary/aromatic N) is 1. The van der Waals surface area contributed by atoms with Crippen molar-refractivity contribution in [3.05, 3.63) is 0 Å². The molecule has 1 aliphatic heterocycles. The van der Waals surface area contributed by atoms with Gasteiger partial charge in [0.15, 0.2) is 0 Å². The zero-order chi connectivity index (χ0) is 15.6. The maximum atomic E-state index is 12.2. The first-order valence-corrected chi connectivity index (χ1v) is 6.57. The molecule has 1 heterocycles. The van der Waals surface area contributed by atoms with Crippen LogP contribution in [0, 0.1) is 5.92 Å². The summed E-state index contributed by atoms with van der Waals surface area (Å²) in [4.78, 5) is 24.2. The molecule has 116 valence electrons. The van der Waals surface area contributed by atoms with Crippen molar-refractivity contribution < 1.29 is 27.5 Å². The van der Waals surface area contributed by atoms with Crippen LogP contribution in [0.5, 0.6) is 0 Å². The quantitative estimate of drug-likeness (QED) is 0.786. The molecule has 0 spiro atoms. The number of rotatable bonds is 2. The molecule has 0 saturated carbocycles. The number of hydrogen-bond donors (Lipinski definition) is 0. The molecule has 4 nitrogen and oxygen atoms in total. The van der Waals surface area contributed by atoms with Crippen molar-refractivity contribution in [3.8, 4) is 0 Å². The lowest BCUT2D eigenvalue weighted by Gasteiger charge is -2.34. The van der Waals surface area contributed by atoms with E-state index in [-0.39, 0.29) is 6.54 Å². The van der Waals surface area contributed by atoms with E-state index in [4.69, 9.17) is 4.74 Å². The molecule has 0 bridgehead atoms. The molecule has 1 amide bonds. The third kappa shape index (κ3) is 5.38. The van der Waals surface area contributed by atoms with Gasteiger partial charge >= 0.3 is 12.3 Å². The average Bonchev–Trinajstić information content (AvgIpc) is 2.25. The van der Waals surface area contributed by atoms with Crippen LogP contribution < -0.4 is 0 Å². The fourth-order valence-electron chi connectivity index (χ4n) is 2.10. The van der Waals surface area contributed by atoms with Crippen molar-refractivity contribution in [2.75, 3.05) is 13.1 Å². The Morgan fingerprint density at radius 1 is 1.25 bits per heavy atom. The Bertz CT molecular complexity index is 374. The lowest BCUT2D eigenvalue weighted by Crippen LogP contribution is -2.43. The van der Waals surface area contributed by atoms with Gasteiger partial charge in [-0.05, 0) is 39.5 Å². The van der Waals surface area contributed by atoms with E-state index in [9.17, 15) is 22.8 Å². The van der Waals surface area contributed by atoms with Crippen molar-refractivity contribution in [2.45, 2.75) is 51.8 Å². The first-order chi connectivity index (χ1) is 8.99. The predicted molar refractivity (Wildman–Crippen MR) is 66.2 cm³/mol. The fraction of sp³-hybridized carbons (Fsp3) is 0.846. The number of likely N-dealkylation sites (tertiary alicyclic amines) is 1. The Morgan fingerprint density at radius 3 is 2.35 bits per heavy atom. The fourth-order valence-corrected chi connectivity index (χ4v) is 2.10. The van der Waals surface area contributed by atoms with Gasteiger partial charge in [0, 0.05) is 19.5 Å². The summed E-state index contributed by atoms with van der Waals surface area (Å²) in [5.41, 5.74) is -0.647. The second-order valence-electron chi connectivity index (χ2n) is 6.06. The van der Waals surface area contributed by atoms with Crippen LogP contribution in [0.3, 0.4) is 0 Å². The summed E-state index contributed by atoms with van der Waals surface area (Å²) < 4.78 is 41.9. The number of carbonyl (C=O) groups is 2. The molecule has 0 N–H and O–H groups in total. The summed E-state index contributed by atoms with van der Waals surface area (Å²) in [7, 11) is 0. The molecule has 1 aliphatic rings. The van der Waals surface area contributed by atoms with E-state index in [0.29, 0.717) is 19.4 Å². The molecular formula is C13H20F3NO3. The van der Waals surface area contributed by atoms with Gasteiger partial charge in [-0.3, -0.25) is 4.79 Å². The molecule has 0 radical (unpaired) electrons. The molecule has 1 atom stereocenters. The maximum absolute atomic E-state index is 12.2.